The lowest BCUT2D eigenvalue weighted by molar-refractivity contribution is 0.0270. The summed E-state index contributed by atoms with van der Waals surface area (Å²) in [6.45, 7) is 7.02. The van der Waals surface area contributed by atoms with Crippen LogP contribution in [-0.2, 0) is 31.4 Å². The van der Waals surface area contributed by atoms with Gasteiger partial charge in [-0.1, -0.05) is 49.2 Å². The number of carbonyl (C=O) groups excluding carboxylic acids is 1. The summed E-state index contributed by atoms with van der Waals surface area (Å²) < 4.78 is 76.7. The van der Waals surface area contributed by atoms with Gasteiger partial charge in [0.25, 0.3) is 0 Å². The van der Waals surface area contributed by atoms with E-state index in [0.717, 1.165) is 34.5 Å². The first-order valence-electron chi connectivity index (χ1n) is 16.0. The van der Waals surface area contributed by atoms with E-state index >= 15 is 0 Å². The second-order valence-electron chi connectivity index (χ2n) is 13.0. The number of ether oxygens (including phenoxy) is 1. The molecule has 0 aromatic heterocycles. The first-order valence-corrected chi connectivity index (χ1v) is 19.2. The van der Waals surface area contributed by atoms with Crippen LogP contribution in [0.1, 0.15) is 62.1 Å². The molecule has 2 fully saturated rings. The van der Waals surface area contributed by atoms with Crippen LogP contribution in [0.15, 0.2) is 70.5 Å². The molecule has 1 atom stereocenters. The Morgan fingerprint density at radius 1 is 0.809 bits per heavy atom. The number of sulfonamides is 2. The Labute approximate surface area is 281 Å². The van der Waals surface area contributed by atoms with E-state index < -0.39 is 32.0 Å². The van der Waals surface area contributed by atoms with Gasteiger partial charge >= 0.3 is 6.09 Å². The lowest BCUT2D eigenvalue weighted by atomic mass is 9.90. The Morgan fingerprint density at radius 3 is 1.87 bits per heavy atom. The quantitative estimate of drug-likeness (QED) is 0.258. The first-order chi connectivity index (χ1) is 22.3. The first kappa shape index (κ1) is 34.0. The normalized spacial score (nSPS) is 22.3. The van der Waals surface area contributed by atoms with Crippen molar-refractivity contribution in [2.75, 3.05) is 26.2 Å². The van der Waals surface area contributed by atoms with Crippen molar-refractivity contribution in [1.29, 1.82) is 0 Å². The van der Waals surface area contributed by atoms with Crippen LogP contribution in [0.3, 0.4) is 0 Å². The molecular formula is C34H40ClFN3O6S2+. The maximum Gasteiger partial charge on any atom is 0.522 e. The van der Waals surface area contributed by atoms with Gasteiger partial charge in [0, 0.05) is 57.9 Å². The second-order valence-corrected chi connectivity index (χ2v) is 17.3. The number of hydrogen-bond donors (Lipinski definition) is 0. The molecule has 0 bridgehead atoms. The molecule has 3 aliphatic heterocycles. The number of nitrogens with zero attached hydrogens (tertiary/aromatic N) is 3. The Morgan fingerprint density at radius 2 is 1.34 bits per heavy atom. The number of aryl methyl sites for hydroxylation is 1. The minimum Gasteiger partial charge on any atom is -0.415 e. The van der Waals surface area contributed by atoms with E-state index in [1.807, 2.05) is 37.3 Å². The SMILES string of the molecule is Cc1ccc2c(c1)COC(=O)[N+]2(C1CCN(S(=O)(=O)c2ccc(C(C)C)cc2)CC1)C1CCN(S(=O)(=O)c2ccc(F)c(Cl)c2)CC1. The van der Waals surface area contributed by atoms with Gasteiger partial charge in [0.2, 0.25) is 20.0 Å². The summed E-state index contributed by atoms with van der Waals surface area (Å²) in [5.41, 5.74) is 3.83. The van der Waals surface area contributed by atoms with Crippen LogP contribution < -0.4 is 4.48 Å². The summed E-state index contributed by atoms with van der Waals surface area (Å²) in [6.07, 6.45) is 1.21. The Bertz CT molecular complexity index is 1890. The lowest BCUT2D eigenvalue weighted by Gasteiger charge is -2.51. The van der Waals surface area contributed by atoms with E-state index in [4.69, 9.17) is 16.3 Å². The topological polar surface area (TPSA) is 101 Å². The summed E-state index contributed by atoms with van der Waals surface area (Å²) in [7, 11) is -7.69. The molecule has 0 N–H and O–H groups in total. The molecule has 3 aromatic rings. The number of carbonyl (C=O) groups is 1. The maximum atomic E-state index is 14.2. The zero-order chi connectivity index (χ0) is 33.7. The number of benzene rings is 3. The van der Waals surface area contributed by atoms with Crippen molar-refractivity contribution in [3.8, 4) is 0 Å². The summed E-state index contributed by atoms with van der Waals surface area (Å²) in [4.78, 5) is 14.3. The average Bonchev–Trinajstić information content (AvgIpc) is 3.06. The van der Waals surface area contributed by atoms with Gasteiger partial charge in [0.05, 0.1) is 20.4 Å². The highest BCUT2D eigenvalue weighted by Crippen LogP contribution is 2.45. The highest BCUT2D eigenvalue weighted by atomic mass is 35.5. The number of hydrogen-bond acceptors (Lipinski definition) is 6. The fourth-order valence-electron chi connectivity index (χ4n) is 7.46. The van der Waals surface area contributed by atoms with Gasteiger partial charge in [-0.25, -0.2) is 21.2 Å². The van der Waals surface area contributed by atoms with E-state index in [-0.39, 0.29) is 70.1 Å². The predicted molar refractivity (Wildman–Crippen MR) is 179 cm³/mol. The summed E-state index contributed by atoms with van der Waals surface area (Å²) in [6, 6.07) is 15.8. The van der Waals surface area contributed by atoms with Gasteiger partial charge in [-0.05, 0) is 54.8 Å². The smallest absolute Gasteiger partial charge is 0.415 e. The molecule has 9 nitrogen and oxygen atoms in total. The Balaban J connectivity index is 1.28. The van der Waals surface area contributed by atoms with Gasteiger partial charge in [0.1, 0.15) is 30.2 Å². The second kappa shape index (κ2) is 12.9. The van der Waals surface area contributed by atoms with Crippen LogP contribution >= 0.6 is 11.6 Å². The van der Waals surface area contributed by atoms with E-state index in [9.17, 15) is 26.0 Å². The number of amides is 1. The summed E-state index contributed by atoms with van der Waals surface area (Å²) in [5, 5.41) is -0.269. The zero-order valence-electron chi connectivity index (χ0n) is 26.7. The molecule has 1 unspecified atom stereocenters. The van der Waals surface area contributed by atoms with Crippen molar-refractivity contribution in [3.05, 3.63) is 88.2 Å². The maximum absolute atomic E-state index is 14.2. The standard InChI is InChI=1S/C34H40ClFN3O6S2/c1-23(2)25-5-7-29(8-6-25)46(41,42)37-16-12-27(13-17-37)39(33-11-4-24(3)20-26(33)22-45-34(39)40)28-14-18-38(19-15-28)47(43,44)30-9-10-32(36)31(35)21-30/h4-11,20-21,23,27-28H,12-19,22H2,1-3H3/q+1. The van der Waals surface area contributed by atoms with Crippen LogP contribution in [-0.4, -0.2) is 69.8 Å². The summed E-state index contributed by atoms with van der Waals surface area (Å²) in [5.74, 6) is -0.414. The molecule has 0 radical (unpaired) electrons. The van der Waals surface area contributed by atoms with Gasteiger partial charge in [0.15, 0.2) is 0 Å². The van der Waals surface area contributed by atoms with Crippen LogP contribution in [0.25, 0.3) is 0 Å². The number of piperidine rings is 2. The third kappa shape index (κ3) is 6.02. The van der Waals surface area contributed by atoms with E-state index in [0.29, 0.717) is 25.7 Å². The molecule has 3 aliphatic rings. The number of rotatable bonds is 7. The molecule has 0 aliphatic carbocycles. The molecule has 6 rings (SSSR count). The fourth-order valence-corrected chi connectivity index (χ4v) is 10.7. The van der Waals surface area contributed by atoms with E-state index in [1.54, 1.807) is 12.1 Å². The number of quaternary nitrogens is 1. The van der Waals surface area contributed by atoms with E-state index in [2.05, 4.69) is 13.8 Å². The number of halogens is 2. The Hall–Kier alpha value is -2.87. The lowest BCUT2D eigenvalue weighted by Crippen LogP contribution is -2.71. The van der Waals surface area contributed by atoms with Crippen LogP contribution in [0, 0.1) is 12.7 Å². The molecule has 0 spiro atoms. The highest BCUT2D eigenvalue weighted by Gasteiger charge is 2.58. The van der Waals surface area contributed by atoms with E-state index in [1.165, 1.54) is 14.7 Å². The van der Waals surface area contributed by atoms with Gasteiger partial charge in [-0.3, -0.25) is 0 Å². The minimum absolute atomic E-state index is 0.0862. The molecule has 1 amide bonds. The van der Waals surface area contributed by atoms with Crippen molar-refractivity contribution in [3.63, 3.8) is 0 Å². The molecule has 0 saturated carbocycles. The largest absolute Gasteiger partial charge is 0.522 e. The third-order valence-corrected chi connectivity index (χ3v) is 14.1. The molecule has 3 aromatic carbocycles. The summed E-state index contributed by atoms with van der Waals surface area (Å²) >= 11 is 5.90. The van der Waals surface area contributed by atoms with Crippen LogP contribution in [0.5, 0.6) is 0 Å². The van der Waals surface area contributed by atoms with Crippen LogP contribution in [0.4, 0.5) is 14.9 Å². The van der Waals surface area contributed by atoms with Crippen molar-refractivity contribution in [2.45, 2.75) is 80.9 Å². The molecule has 13 heteroatoms. The zero-order valence-corrected chi connectivity index (χ0v) is 29.1. The number of fused-ring (bicyclic) bond motifs is 1. The molecule has 252 valence electrons. The molecule has 3 heterocycles. The minimum atomic E-state index is -3.95. The third-order valence-electron chi connectivity index (χ3n) is 10.00. The average molecular weight is 705 g/mol. The molecule has 47 heavy (non-hydrogen) atoms. The van der Waals surface area contributed by atoms with Crippen molar-refractivity contribution >= 4 is 43.4 Å². The van der Waals surface area contributed by atoms with Crippen LogP contribution in [0.2, 0.25) is 5.02 Å². The molecular weight excluding hydrogens is 665 g/mol. The number of cyclic esters (lactones) is 1. The fraction of sp³-hybridized carbons (Fsp3) is 0.441. The highest BCUT2D eigenvalue weighted by molar-refractivity contribution is 7.89. The van der Waals surface area contributed by atoms with Gasteiger partial charge < -0.3 is 4.74 Å². The predicted octanol–water partition coefficient (Wildman–Crippen LogP) is 6.58. The van der Waals surface area contributed by atoms with Gasteiger partial charge in [-0.15, -0.1) is 0 Å². The van der Waals surface area contributed by atoms with Gasteiger partial charge in [-0.2, -0.15) is 17.9 Å². The monoisotopic (exact) mass is 704 g/mol. The van der Waals surface area contributed by atoms with Crippen molar-refractivity contribution < 1.29 is 30.8 Å². The van der Waals surface area contributed by atoms with Crippen molar-refractivity contribution in [1.82, 2.24) is 13.1 Å². The van der Waals surface area contributed by atoms with Crippen molar-refractivity contribution in [2.24, 2.45) is 0 Å². The Kier molecular flexibility index (Phi) is 9.31. The molecule has 2 saturated heterocycles.